The van der Waals surface area contributed by atoms with Crippen LogP contribution in [0, 0.1) is 0 Å². The van der Waals surface area contributed by atoms with Gasteiger partial charge in [0, 0.05) is 25.2 Å². The summed E-state index contributed by atoms with van der Waals surface area (Å²) in [7, 11) is 1.65. The minimum Gasteiger partial charge on any atom is -0.403 e. The molecule has 5 rings (SSSR count). The lowest BCUT2D eigenvalue weighted by molar-refractivity contribution is -0.0366. The fourth-order valence-electron chi connectivity index (χ4n) is 3.62. The number of ether oxygens (including phenoxy) is 1. The van der Waals surface area contributed by atoms with E-state index in [1.54, 1.807) is 25.5 Å². The zero-order valence-electron chi connectivity index (χ0n) is 16.5. The minimum absolute atomic E-state index is 0.0687. The maximum Gasteiger partial charge on any atom is 0.320 e. The Hall–Kier alpha value is -2.69. The van der Waals surface area contributed by atoms with Crippen molar-refractivity contribution in [2.45, 2.75) is 25.5 Å². The molecule has 9 nitrogen and oxygen atoms in total. The van der Waals surface area contributed by atoms with Crippen LogP contribution in [-0.2, 0) is 11.8 Å². The Balaban J connectivity index is 1.42. The highest BCUT2D eigenvalue weighted by Crippen LogP contribution is 2.35. The van der Waals surface area contributed by atoms with E-state index in [2.05, 4.69) is 36.5 Å². The first-order valence-electron chi connectivity index (χ1n) is 9.75. The van der Waals surface area contributed by atoms with Gasteiger partial charge in [0.15, 0.2) is 6.23 Å². The van der Waals surface area contributed by atoms with Gasteiger partial charge in [0.2, 0.25) is 0 Å². The average Bonchev–Trinajstić information content (AvgIpc) is 3.42. The maximum atomic E-state index is 11.9. The normalized spacial score (nSPS) is 16.7. The van der Waals surface area contributed by atoms with Gasteiger partial charge < -0.3 is 19.0 Å². The summed E-state index contributed by atoms with van der Waals surface area (Å²) in [5.74, 6) is 0.276. The molecule has 11 heteroatoms. The third kappa shape index (κ3) is 3.75. The highest BCUT2D eigenvalue weighted by Gasteiger charge is 2.20. The average molecular weight is 506 g/mol. The van der Waals surface area contributed by atoms with Crippen LogP contribution >= 0.6 is 27.5 Å². The van der Waals surface area contributed by atoms with Crippen LogP contribution in [0.25, 0.3) is 22.4 Å². The largest absolute Gasteiger partial charge is 0.403 e. The molecule has 31 heavy (non-hydrogen) atoms. The number of hydrogen-bond acceptors (Lipinski definition) is 7. The summed E-state index contributed by atoms with van der Waals surface area (Å²) in [6.45, 7) is 0.741. The van der Waals surface area contributed by atoms with Gasteiger partial charge in [-0.05, 0) is 53.4 Å². The van der Waals surface area contributed by atoms with Gasteiger partial charge in [-0.1, -0.05) is 16.7 Å². The van der Waals surface area contributed by atoms with Crippen molar-refractivity contribution in [3.63, 3.8) is 0 Å². The SMILES string of the molecule is Cn1cc(-c2nnc(Nc3ccc4c(cnn4C4CCCCO4)c3Cl)o2)cc(Br)c1=O. The quantitative estimate of drug-likeness (QED) is 0.431. The van der Waals surface area contributed by atoms with Gasteiger partial charge in [-0.25, -0.2) is 4.68 Å². The van der Waals surface area contributed by atoms with Crippen molar-refractivity contribution in [1.82, 2.24) is 24.5 Å². The van der Waals surface area contributed by atoms with Crippen molar-refractivity contribution in [1.29, 1.82) is 0 Å². The molecule has 0 radical (unpaired) electrons. The lowest BCUT2D eigenvalue weighted by Crippen LogP contribution is -2.18. The van der Waals surface area contributed by atoms with Crippen molar-refractivity contribution in [2.75, 3.05) is 11.9 Å². The van der Waals surface area contributed by atoms with Crippen molar-refractivity contribution < 1.29 is 9.15 Å². The molecule has 1 atom stereocenters. The Morgan fingerprint density at radius 1 is 1.29 bits per heavy atom. The third-order valence-corrected chi connectivity index (χ3v) is 6.17. The van der Waals surface area contributed by atoms with Crippen molar-refractivity contribution in [3.8, 4) is 11.5 Å². The highest BCUT2D eigenvalue weighted by atomic mass is 79.9. The maximum absolute atomic E-state index is 11.9. The summed E-state index contributed by atoms with van der Waals surface area (Å²) < 4.78 is 15.3. The molecule has 4 aromatic rings. The Kier molecular flexibility index (Phi) is 5.28. The van der Waals surface area contributed by atoms with E-state index in [1.807, 2.05) is 16.8 Å². The van der Waals surface area contributed by atoms with Crippen LogP contribution in [-0.4, -0.2) is 31.2 Å². The van der Waals surface area contributed by atoms with Gasteiger partial charge in [0.25, 0.3) is 11.4 Å². The molecule has 1 aliphatic rings. The number of benzene rings is 1. The Labute approximate surface area is 190 Å². The van der Waals surface area contributed by atoms with Gasteiger partial charge in [0.1, 0.15) is 0 Å². The highest BCUT2D eigenvalue weighted by molar-refractivity contribution is 9.10. The van der Waals surface area contributed by atoms with Crippen LogP contribution in [0.4, 0.5) is 11.7 Å². The number of nitrogens with zero attached hydrogens (tertiary/aromatic N) is 5. The third-order valence-electron chi connectivity index (χ3n) is 5.20. The number of aryl methyl sites for hydroxylation is 1. The topological polar surface area (TPSA) is 100 Å². The summed E-state index contributed by atoms with van der Waals surface area (Å²) >= 11 is 9.88. The van der Waals surface area contributed by atoms with Crippen LogP contribution in [0.15, 0.2) is 44.3 Å². The van der Waals surface area contributed by atoms with Gasteiger partial charge in [-0.3, -0.25) is 4.79 Å². The molecule has 1 aromatic carbocycles. The molecule has 4 heterocycles. The summed E-state index contributed by atoms with van der Waals surface area (Å²) in [5.41, 5.74) is 1.99. The number of anilines is 2. The van der Waals surface area contributed by atoms with Crippen LogP contribution in [0.5, 0.6) is 0 Å². The Morgan fingerprint density at radius 3 is 2.94 bits per heavy atom. The molecule has 1 N–H and O–H groups in total. The molecule has 0 saturated carbocycles. The van der Waals surface area contributed by atoms with E-state index in [0.717, 1.165) is 36.8 Å². The second kappa shape index (κ2) is 8.10. The van der Waals surface area contributed by atoms with E-state index in [1.165, 1.54) is 4.57 Å². The monoisotopic (exact) mass is 504 g/mol. The molecule has 1 unspecified atom stereocenters. The number of hydrogen-bond donors (Lipinski definition) is 1. The van der Waals surface area contributed by atoms with Crippen molar-refractivity contribution in [2.24, 2.45) is 7.05 Å². The number of nitrogens with one attached hydrogen (secondary N) is 1. The zero-order valence-corrected chi connectivity index (χ0v) is 18.9. The van der Waals surface area contributed by atoms with E-state index in [-0.39, 0.29) is 23.7 Å². The predicted molar refractivity (Wildman–Crippen MR) is 120 cm³/mol. The second-order valence-electron chi connectivity index (χ2n) is 7.30. The molecule has 1 saturated heterocycles. The van der Waals surface area contributed by atoms with Crippen LogP contribution in [0.1, 0.15) is 25.5 Å². The van der Waals surface area contributed by atoms with Gasteiger partial charge in [-0.15, -0.1) is 5.10 Å². The van der Waals surface area contributed by atoms with Gasteiger partial charge >= 0.3 is 6.01 Å². The summed E-state index contributed by atoms with van der Waals surface area (Å²) in [5, 5.41) is 17.0. The summed E-state index contributed by atoms with van der Waals surface area (Å²) in [6, 6.07) is 5.61. The number of pyridine rings is 1. The van der Waals surface area contributed by atoms with E-state index >= 15 is 0 Å². The minimum atomic E-state index is -0.152. The fraction of sp³-hybridized carbons (Fsp3) is 0.300. The Morgan fingerprint density at radius 2 is 2.16 bits per heavy atom. The Bertz CT molecular complexity index is 1300. The lowest BCUT2D eigenvalue weighted by Gasteiger charge is -2.23. The molecule has 160 valence electrons. The van der Waals surface area contributed by atoms with Crippen LogP contribution < -0.4 is 10.9 Å². The van der Waals surface area contributed by atoms with Crippen LogP contribution in [0.2, 0.25) is 5.02 Å². The van der Waals surface area contributed by atoms with Crippen molar-refractivity contribution >= 4 is 50.1 Å². The summed E-state index contributed by atoms with van der Waals surface area (Å²) in [6.07, 6.45) is 6.42. The number of aromatic nitrogens is 5. The van der Waals surface area contributed by atoms with E-state index < -0.39 is 0 Å². The second-order valence-corrected chi connectivity index (χ2v) is 8.53. The number of fused-ring (bicyclic) bond motifs is 1. The first-order chi connectivity index (χ1) is 15.0. The van der Waals surface area contributed by atoms with Gasteiger partial charge in [-0.2, -0.15) is 5.10 Å². The molecule has 0 bridgehead atoms. The molecule has 3 aromatic heterocycles. The lowest BCUT2D eigenvalue weighted by atomic mass is 10.2. The van der Waals surface area contributed by atoms with Gasteiger partial charge in [0.05, 0.1) is 32.5 Å². The molecule has 1 fully saturated rings. The predicted octanol–water partition coefficient (Wildman–Crippen LogP) is 4.64. The fourth-order valence-corrected chi connectivity index (χ4v) is 4.41. The van der Waals surface area contributed by atoms with E-state index in [0.29, 0.717) is 20.7 Å². The molecular weight excluding hydrogens is 488 g/mol. The summed E-state index contributed by atoms with van der Waals surface area (Å²) in [4.78, 5) is 11.9. The standard InChI is InChI=1S/C20H18BrClN6O3/c1-27-10-11(8-13(21)19(27)29)18-25-26-20(31-18)24-14-5-6-15-12(17(14)22)9-23-28(15)16-4-2-3-7-30-16/h5-6,8-10,16H,2-4,7H2,1H3,(H,24,26). The smallest absolute Gasteiger partial charge is 0.320 e. The molecule has 0 amide bonds. The molecular formula is C20H18BrClN6O3. The van der Waals surface area contributed by atoms with Crippen LogP contribution in [0.3, 0.4) is 0 Å². The van der Waals surface area contributed by atoms with E-state index in [9.17, 15) is 4.79 Å². The molecule has 0 aliphatic carbocycles. The molecule has 0 spiro atoms. The number of rotatable bonds is 4. The zero-order chi connectivity index (χ0) is 21.5. The molecule has 1 aliphatic heterocycles. The first-order valence-corrected chi connectivity index (χ1v) is 10.9. The number of halogens is 2. The van der Waals surface area contributed by atoms with Crippen molar-refractivity contribution in [3.05, 3.63) is 50.4 Å². The van der Waals surface area contributed by atoms with E-state index in [4.69, 9.17) is 20.8 Å². The first kappa shape index (κ1) is 20.2.